The van der Waals surface area contributed by atoms with Crippen LogP contribution >= 0.6 is 11.6 Å². The minimum atomic E-state index is -3.86. The van der Waals surface area contributed by atoms with Crippen molar-refractivity contribution in [2.24, 2.45) is 0 Å². The molecular formula is C30H31ClN2O2S. The summed E-state index contributed by atoms with van der Waals surface area (Å²) in [5.41, 5.74) is 3.79. The molecule has 186 valence electrons. The Kier molecular flexibility index (Phi) is 8.60. The molecule has 0 spiro atoms. The molecule has 0 saturated heterocycles. The molecule has 0 aliphatic rings. The van der Waals surface area contributed by atoms with Crippen LogP contribution in [0.15, 0.2) is 120 Å². The third-order valence-corrected chi connectivity index (χ3v) is 8.21. The molecule has 4 nitrogen and oxygen atoms in total. The Morgan fingerprint density at radius 1 is 0.778 bits per heavy atom. The van der Waals surface area contributed by atoms with Crippen molar-refractivity contribution < 1.29 is 8.42 Å². The second kappa shape index (κ2) is 11.8. The molecule has 0 bridgehead atoms. The first-order valence-corrected chi connectivity index (χ1v) is 13.9. The smallest absolute Gasteiger partial charge is 0.241 e. The van der Waals surface area contributed by atoms with Crippen molar-refractivity contribution in [3.05, 3.63) is 138 Å². The fourth-order valence-electron chi connectivity index (χ4n) is 4.22. The van der Waals surface area contributed by atoms with E-state index in [2.05, 4.69) is 22.2 Å². The molecule has 0 aliphatic carbocycles. The highest BCUT2D eigenvalue weighted by atomic mass is 35.5. The highest BCUT2D eigenvalue weighted by Gasteiger charge is 2.41. The molecule has 0 unspecified atom stereocenters. The lowest BCUT2D eigenvalue weighted by Crippen LogP contribution is -2.50. The fourth-order valence-corrected chi connectivity index (χ4v) is 5.94. The molecular weight excluding hydrogens is 488 g/mol. The van der Waals surface area contributed by atoms with Crippen molar-refractivity contribution in [2.45, 2.75) is 35.7 Å². The maximum atomic E-state index is 13.5. The molecule has 4 rings (SSSR count). The van der Waals surface area contributed by atoms with Gasteiger partial charge in [-0.15, -0.1) is 0 Å². The SMILES string of the molecule is Cc1ccc(S(=O)(=O)N[C@H](c2ccccc2)[C@@](Cl)(NCCCc2ccccc2)c2ccccc2)cc1. The van der Waals surface area contributed by atoms with E-state index in [1.165, 1.54) is 5.56 Å². The minimum Gasteiger partial charge on any atom is -0.293 e. The van der Waals surface area contributed by atoms with Crippen molar-refractivity contribution in [3.8, 4) is 0 Å². The van der Waals surface area contributed by atoms with Crippen molar-refractivity contribution >= 4 is 21.6 Å². The predicted molar refractivity (Wildman–Crippen MR) is 147 cm³/mol. The Hall–Kier alpha value is -2.96. The van der Waals surface area contributed by atoms with Crippen molar-refractivity contribution in [1.82, 2.24) is 10.0 Å². The molecule has 2 N–H and O–H groups in total. The Morgan fingerprint density at radius 3 is 1.94 bits per heavy atom. The summed E-state index contributed by atoms with van der Waals surface area (Å²) in [7, 11) is -3.86. The summed E-state index contributed by atoms with van der Waals surface area (Å²) in [4.78, 5) is -1.03. The van der Waals surface area contributed by atoms with Crippen LogP contribution in [0.2, 0.25) is 0 Å². The maximum Gasteiger partial charge on any atom is 0.241 e. The fraction of sp³-hybridized carbons (Fsp3) is 0.200. The number of aryl methyl sites for hydroxylation is 2. The first-order chi connectivity index (χ1) is 17.4. The third kappa shape index (κ3) is 6.42. The zero-order chi connectivity index (χ0) is 25.4. The largest absolute Gasteiger partial charge is 0.293 e. The first kappa shape index (κ1) is 26.1. The lowest BCUT2D eigenvalue weighted by molar-refractivity contribution is 0.369. The standard InChI is InChI=1S/C30H31ClN2O2S/c1-24-19-21-28(22-20-24)36(34,35)33-29(26-15-7-3-8-16-26)30(31,27-17-9-4-10-18-27)32-23-11-14-25-12-5-2-6-13-25/h2-10,12-13,15-22,29,32-33H,11,14,23H2,1H3/t29-,30+/m1/s1. The van der Waals surface area contributed by atoms with Crippen LogP contribution in [-0.4, -0.2) is 15.0 Å². The molecule has 4 aromatic rings. The van der Waals surface area contributed by atoms with Crippen LogP contribution < -0.4 is 10.0 Å². The summed E-state index contributed by atoms with van der Waals surface area (Å²) in [6.07, 6.45) is 1.73. The van der Waals surface area contributed by atoms with Gasteiger partial charge in [0, 0.05) is 0 Å². The molecule has 2 atom stereocenters. The average molecular weight is 519 g/mol. The summed E-state index contributed by atoms with van der Waals surface area (Å²) in [5.74, 6) is 0. The van der Waals surface area contributed by atoms with Crippen LogP contribution in [-0.2, 0) is 21.4 Å². The molecule has 0 aliphatic heterocycles. The number of sulfonamides is 1. The Labute approximate surface area is 219 Å². The zero-order valence-corrected chi connectivity index (χ0v) is 21.8. The second-order valence-corrected chi connectivity index (χ2v) is 11.2. The number of benzene rings is 4. The molecule has 0 heterocycles. The van der Waals surface area contributed by atoms with Gasteiger partial charge >= 0.3 is 0 Å². The quantitative estimate of drug-likeness (QED) is 0.138. The van der Waals surface area contributed by atoms with Crippen LogP contribution in [0.25, 0.3) is 0 Å². The van der Waals surface area contributed by atoms with E-state index in [1.54, 1.807) is 24.3 Å². The van der Waals surface area contributed by atoms with Crippen LogP contribution in [0.1, 0.15) is 34.7 Å². The van der Waals surface area contributed by atoms with Gasteiger partial charge in [0.25, 0.3) is 0 Å². The lowest BCUT2D eigenvalue weighted by Gasteiger charge is -2.37. The zero-order valence-electron chi connectivity index (χ0n) is 20.3. The van der Waals surface area contributed by atoms with Crippen LogP contribution in [0, 0.1) is 6.92 Å². The summed E-state index contributed by atoms with van der Waals surface area (Å²) in [5, 5.41) is 3.50. The van der Waals surface area contributed by atoms with E-state index in [1.807, 2.05) is 85.8 Å². The molecule has 0 aromatic heterocycles. The number of rotatable bonds is 11. The summed E-state index contributed by atoms with van der Waals surface area (Å²) < 4.78 is 30.0. The molecule has 0 saturated carbocycles. The second-order valence-electron chi connectivity index (χ2n) is 8.87. The van der Waals surface area contributed by atoms with Gasteiger partial charge in [-0.2, -0.15) is 0 Å². The van der Waals surface area contributed by atoms with E-state index in [0.29, 0.717) is 6.54 Å². The minimum absolute atomic E-state index is 0.199. The van der Waals surface area contributed by atoms with E-state index < -0.39 is 21.1 Å². The lowest BCUT2D eigenvalue weighted by atomic mass is 9.93. The van der Waals surface area contributed by atoms with E-state index in [-0.39, 0.29) is 4.90 Å². The summed E-state index contributed by atoms with van der Waals surface area (Å²) >= 11 is 7.43. The maximum absolute atomic E-state index is 13.5. The van der Waals surface area contributed by atoms with Gasteiger partial charge in [-0.05, 0) is 55.1 Å². The topological polar surface area (TPSA) is 58.2 Å². The van der Waals surface area contributed by atoms with E-state index in [9.17, 15) is 8.42 Å². The predicted octanol–water partition coefficient (Wildman–Crippen LogP) is 6.33. The molecule has 6 heteroatoms. The summed E-state index contributed by atoms with van der Waals surface area (Å²) in [6.45, 7) is 2.53. The van der Waals surface area contributed by atoms with Crippen LogP contribution in [0.5, 0.6) is 0 Å². The third-order valence-electron chi connectivity index (χ3n) is 6.20. The van der Waals surface area contributed by atoms with Crippen molar-refractivity contribution in [2.75, 3.05) is 6.54 Å². The molecule has 0 fully saturated rings. The van der Waals surface area contributed by atoms with Gasteiger partial charge in [0.1, 0.15) is 5.00 Å². The monoisotopic (exact) mass is 518 g/mol. The van der Waals surface area contributed by atoms with E-state index >= 15 is 0 Å². The van der Waals surface area contributed by atoms with Crippen molar-refractivity contribution in [1.29, 1.82) is 0 Å². The van der Waals surface area contributed by atoms with Crippen LogP contribution in [0.3, 0.4) is 0 Å². The normalized spacial score (nSPS) is 14.2. The van der Waals surface area contributed by atoms with Gasteiger partial charge in [-0.25, -0.2) is 13.1 Å². The van der Waals surface area contributed by atoms with Crippen LogP contribution in [0.4, 0.5) is 0 Å². The van der Waals surface area contributed by atoms with E-state index in [4.69, 9.17) is 11.6 Å². The highest BCUT2D eigenvalue weighted by Crippen LogP contribution is 2.40. The Bertz CT molecular complexity index is 1330. The summed E-state index contributed by atoms with van der Waals surface area (Å²) in [6, 6.07) is 35.4. The molecule has 0 radical (unpaired) electrons. The van der Waals surface area contributed by atoms with Gasteiger partial charge in [0.15, 0.2) is 0 Å². The van der Waals surface area contributed by atoms with Gasteiger partial charge < -0.3 is 0 Å². The molecule has 4 aromatic carbocycles. The molecule has 36 heavy (non-hydrogen) atoms. The number of nitrogens with one attached hydrogen (secondary N) is 2. The molecule has 0 amide bonds. The van der Waals surface area contributed by atoms with Gasteiger partial charge in [-0.1, -0.05) is 120 Å². The van der Waals surface area contributed by atoms with Crippen molar-refractivity contribution in [3.63, 3.8) is 0 Å². The Morgan fingerprint density at radius 2 is 1.33 bits per heavy atom. The number of hydrogen-bond donors (Lipinski definition) is 2. The van der Waals surface area contributed by atoms with Gasteiger partial charge in [0.05, 0.1) is 10.9 Å². The average Bonchev–Trinajstić information content (AvgIpc) is 2.91. The van der Waals surface area contributed by atoms with Gasteiger partial charge in [-0.3, -0.25) is 5.32 Å². The van der Waals surface area contributed by atoms with E-state index in [0.717, 1.165) is 29.5 Å². The number of alkyl halides is 1. The van der Waals surface area contributed by atoms with Gasteiger partial charge in [0.2, 0.25) is 10.0 Å². The number of halogens is 1. The first-order valence-electron chi connectivity index (χ1n) is 12.1. The Balaban J connectivity index is 1.68. The number of hydrogen-bond acceptors (Lipinski definition) is 3. The highest BCUT2D eigenvalue weighted by molar-refractivity contribution is 7.89.